The van der Waals surface area contributed by atoms with E-state index in [1.807, 2.05) is 0 Å². The van der Waals surface area contributed by atoms with Crippen LogP contribution in [-0.4, -0.2) is 43.9 Å². The number of ether oxygens (including phenoxy) is 2. The van der Waals surface area contributed by atoms with E-state index in [-0.39, 0.29) is 11.9 Å². The molecule has 18 heavy (non-hydrogen) atoms. The van der Waals surface area contributed by atoms with Gasteiger partial charge in [-0.25, -0.2) is 4.39 Å². The zero-order valence-corrected chi connectivity index (χ0v) is 10.3. The van der Waals surface area contributed by atoms with Crippen LogP contribution < -0.4 is 4.74 Å². The van der Waals surface area contributed by atoms with Gasteiger partial charge in [-0.3, -0.25) is 4.90 Å². The standard InChI is InChI=1S/C14H18FNO2/c15-13-3-1-2-4-14(13)18-12-8-16(9-12)7-11-5-6-17-10-11/h1-4,11-12H,5-10H2. The summed E-state index contributed by atoms with van der Waals surface area (Å²) in [6.45, 7) is 4.65. The summed E-state index contributed by atoms with van der Waals surface area (Å²) in [4.78, 5) is 2.35. The molecule has 1 aromatic rings. The topological polar surface area (TPSA) is 21.7 Å². The van der Waals surface area contributed by atoms with E-state index in [9.17, 15) is 4.39 Å². The molecule has 1 aromatic carbocycles. The smallest absolute Gasteiger partial charge is 0.165 e. The predicted molar refractivity (Wildman–Crippen MR) is 66.2 cm³/mol. The zero-order chi connectivity index (χ0) is 12.4. The third-order valence-electron chi connectivity index (χ3n) is 3.59. The Morgan fingerprint density at radius 1 is 1.33 bits per heavy atom. The number of benzene rings is 1. The van der Waals surface area contributed by atoms with Gasteiger partial charge in [0, 0.05) is 26.2 Å². The third kappa shape index (κ3) is 2.65. The second kappa shape index (κ2) is 5.24. The first-order chi connectivity index (χ1) is 8.81. The van der Waals surface area contributed by atoms with Crippen LogP contribution in [0.3, 0.4) is 0 Å². The first kappa shape index (κ1) is 11.9. The molecule has 0 aliphatic carbocycles. The minimum Gasteiger partial charge on any atom is -0.485 e. The monoisotopic (exact) mass is 251 g/mol. The molecule has 2 heterocycles. The number of likely N-dealkylation sites (tertiary alicyclic amines) is 1. The summed E-state index contributed by atoms with van der Waals surface area (Å²) < 4.78 is 24.4. The summed E-state index contributed by atoms with van der Waals surface area (Å²) in [5.74, 6) is 0.755. The normalized spacial score (nSPS) is 25.1. The van der Waals surface area contributed by atoms with E-state index in [4.69, 9.17) is 9.47 Å². The lowest BCUT2D eigenvalue weighted by Crippen LogP contribution is -2.55. The Labute approximate surface area is 106 Å². The minimum atomic E-state index is -0.278. The maximum Gasteiger partial charge on any atom is 0.165 e. The van der Waals surface area contributed by atoms with Crippen molar-refractivity contribution in [3.8, 4) is 5.75 Å². The first-order valence-corrected chi connectivity index (χ1v) is 6.52. The van der Waals surface area contributed by atoms with E-state index < -0.39 is 0 Å². The fourth-order valence-corrected chi connectivity index (χ4v) is 2.56. The van der Waals surface area contributed by atoms with Gasteiger partial charge in [0.25, 0.3) is 0 Å². The van der Waals surface area contributed by atoms with Gasteiger partial charge in [-0.15, -0.1) is 0 Å². The molecule has 0 bridgehead atoms. The van der Waals surface area contributed by atoms with E-state index in [1.54, 1.807) is 18.2 Å². The van der Waals surface area contributed by atoms with Gasteiger partial charge in [-0.1, -0.05) is 12.1 Å². The number of para-hydroxylation sites is 1. The Balaban J connectivity index is 1.43. The number of halogens is 1. The summed E-state index contributed by atoms with van der Waals surface area (Å²) in [6.07, 6.45) is 1.29. The first-order valence-electron chi connectivity index (χ1n) is 6.52. The molecule has 2 aliphatic heterocycles. The number of rotatable bonds is 4. The molecule has 98 valence electrons. The Morgan fingerprint density at radius 3 is 2.89 bits per heavy atom. The molecular weight excluding hydrogens is 233 g/mol. The van der Waals surface area contributed by atoms with Crippen molar-refractivity contribution in [2.45, 2.75) is 12.5 Å². The largest absolute Gasteiger partial charge is 0.485 e. The summed E-state index contributed by atoms with van der Waals surface area (Å²) in [7, 11) is 0. The fourth-order valence-electron chi connectivity index (χ4n) is 2.56. The highest BCUT2D eigenvalue weighted by Crippen LogP contribution is 2.23. The molecule has 0 amide bonds. The molecule has 0 spiro atoms. The molecule has 4 heteroatoms. The highest BCUT2D eigenvalue weighted by molar-refractivity contribution is 5.24. The number of hydrogen-bond acceptors (Lipinski definition) is 3. The van der Waals surface area contributed by atoms with Gasteiger partial charge in [-0.2, -0.15) is 0 Å². The highest BCUT2D eigenvalue weighted by atomic mass is 19.1. The van der Waals surface area contributed by atoms with E-state index in [2.05, 4.69) is 4.90 Å². The molecule has 1 atom stereocenters. The summed E-state index contributed by atoms with van der Waals surface area (Å²) in [6, 6.07) is 6.59. The Morgan fingerprint density at radius 2 is 2.17 bits per heavy atom. The molecular formula is C14H18FNO2. The van der Waals surface area contributed by atoms with Gasteiger partial charge in [0.2, 0.25) is 0 Å². The van der Waals surface area contributed by atoms with Crippen LogP contribution in [0, 0.1) is 11.7 Å². The van der Waals surface area contributed by atoms with Gasteiger partial charge in [0.05, 0.1) is 6.61 Å². The Hall–Kier alpha value is -1.13. The van der Waals surface area contributed by atoms with Crippen LogP contribution in [0.5, 0.6) is 5.75 Å². The van der Waals surface area contributed by atoms with E-state index >= 15 is 0 Å². The fraction of sp³-hybridized carbons (Fsp3) is 0.571. The van der Waals surface area contributed by atoms with Crippen LogP contribution in [0.15, 0.2) is 24.3 Å². The van der Waals surface area contributed by atoms with Crippen molar-refractivity contribution in [2.24, 2.45) is 5.92 Å². The van der Waals surface area contributed by atoms with Gasteiger partial charge < -0.3 is 9.47 Å². The number of hydrogen-bond donors (Lipinski definition) is 0. The maximum atomic E-state index is 13.4. The number of nitrogens with zero attached hydrogens (tertiary/aromatic N) is 1. The molecule has 0 N–H and O–H groups in total. The van der Waals surface area contributed by atoms with Gasteiger partial charge in [0.15, 0.2) is 11.6 Å². The molecule has 3 rings (SSSR count). The third-order valence-corrected chi connectivity index (χ3v) is 3.59. The van der Waals surface area contributed by atoms with Crippen LogP contribution in [0.25, 0.3) is 0 Å². The Bertz CT molecular complexity index is 401. The van der Waals surface area contributed by atoms with Crippen molar-refractivity contribution < 1.29 is 13.9 Å². The van der Waals surface area contributed by atoms with E-state index in [0.717, 1.165) is 39.3 Å². The predicted octanol–water partition coefficient (Wildman–Crippen LogP) is 1.93. The van der Waals surface area contributed by atoms with Gasteiger partial charge in [-0.05, 0) is 24.5 Å². The Kier molecular flexibility index (Phi) is 3.48. The molecule has 0 saturated carbocycles. The van der Waals surface area contributed by atoms with Crippen LogP contribution in [-0.2, 0) is 4.74 Å². The quantitative estimate of drug-likeness (QED) is 0.816. The van der Waals surface area contributed by atoms with E-state index in [1.165, 1.54) is 6.07 Å². The summed E-state index contributed by atoms with van der Waals surface area (Å²) in [5.41, 5.74) is 0. The summed E-state index contributed by atoms with van der Waals surface area (Å²) in [5, 5.41) is 0. The van der Waals surface area contributed by atoms with Crippen molar-refractivity contribution in [1.29, 1.82) is 0 Å². The average molecular weight is 251 g/mol. The molecule has 1 unspecified atom stereocenters. The highest BCUT2D eigenvalue weighted by Gasteiger charge is 2.31. The molecule has 2 fully saturated rings. The van der Waals surface area contributed by atoms with Crippen LogP contribution in [0.4, 0.5) is 4.39 Å². The molecule has 3 nitrogen and oxygen atoms in total. The molecule has 0 aromatic heterocycles. The molecule has 2 saturated heterocycles. The van der Waals surface area contributed by atoms with Crippen LogP contribution >= 0.6 is 0 Å². The van der Waals surface area contributed by atoms with E-state index in [0.29, 0.717) is 11.7 Å². The average Bonchev–Trinajstić information content (AvgIpc) is 2.81. The van der Waals surface area contributed by atoms with Crippen LogP contribution in [0.2, 0.25) is 0 Å². The van der Waals surface area contributed by atoms with Crippen molar-refractivity contribution in [2.75, 3.05) is 32.8 Å². The second-order valence-electron chi connectivity index (χ2n) is 5.12. The van der Waals surface area contributed by atoms with Crippen molar-refractivity contribution in [3.05, 3.63) is 30.1 Å². The van der Waals surface area contributed by atoms with Crippen LogP contribution in [0.1, 0.15) is 6.42 Å². The van der Waals surface area contributed by atoms with Crippen molar-refractivity contribution in [1.82, 2.24) is 4.90 Å². The maximum absolute atomic E-state index is 13.4. The second-order valence-corrected chi connectivity index (χ2v) is 5.12. The molecule has 0 radical (unpaired) electrons. The van der Waals surface area contributed by atoms with Gasteiger partial charge >= 0.3 is 0 Å². The van der Waals surface area contributed by atoms with Crippen molar-refractivity contribution >= 4 is 0 Å². The summed E-state index contributed by atoms with van der Waals surface area (Å²) >= 11 is 0. The van der Waals surface area contributed by atoms with Crippen molar-refractivity contribution in [3.63, 3.8) is 0 Å². The zero-order valence-electron chi connectivity index (χ0n) is 10.3. The lowest BCUT2D eigenvalue weighted by Gasteiger charge is -2.40. The SMILES string of the molecule is Fc1ccccc1OC1CN(CC2CCOC2)C1. The minimum absolute atomic E-state index is 0.129. The lowest BCUT2D eigenvalue weighted by molar-refractivity contribution is 0.00711. The molecule has 2 aliphatic rings. The van der Waals surface area contributed by atoms with Gasteiger partial charge in [0.1, 0.15) is 6.10 Å². The lowest BCUT2D eigenvalue weighted by atomic mass is 10.0.